The van der Waals surface area contributed by atoms with Crippen LogP contribution in [0.3, 0.4) is 0 Å². The Labute approximate surface area is 117 Å². The third-order valence-corrected chi connectivity index (χ3v) is 3.33. The summed E-state index contributed by atoms with van der Waals surface area (Å²) in [5.74, 6) is 1.48. The van der Waals surface area contributed by atoms with Crippen LogP contribution in [-0.4, -0.2) is 42.1 Å². The molecule has 0 bridgehead atoms. The van der Waals surface area contributed by atoms with Crippen molar-refractivity contribution in [2.24, 2.45) is 0 Å². The number of fused-ring (bicyclic) bond motifs is 1. The number of hydrogen-bond donors (Lipinski definition) is 1. The Bertz CT molecular complexity index is 589. The minimum Gasteiger partial charge on any atom is -0.478 e. The van der Waals surface area contributed by atoms with Crippen molar-refractivity contribution in [1.29, 1.82) is 0 Å². The standard InChI is InChI=1S/C15H16N2O3/c1-3-8-16(2)15(20)17-9-4-5-11-10-12(14(18)19)6-7-13(11)17/h1,6-7,10H,4-5,8-9H2,2H3,(H,18,19). The quantitative estimate of drug-likeness (QED) is 0.835. The van der Waals surface area contributed by atoms with Gasteiger partial charge < -0.3 is 10.0 Å². The molecule has 1 N–H and O–H groups in total. The zero-order valence-electron chi connectivity index (χ0n) is 11.3. The second-order valence-corrected chi connectivity index (χ2v) is 4.75. The monoisotopic (exact) mass is 272 g/mol. The lowest BCUT2D eigenvalue weighted by Gasteiger charge is -2.32. The van der Waals surface area contributed by atoms with Gasteiger partial charge in [0.2, 0.25) is 0 Å². The maximum absolute atomic E-state index is 12.3. The van der Waals surface area contributed by atoms with E-state index < -0.39 is 5.97 Å². The van der Waals surface area contributed by atoms with Crippen LogP contribution in [0.5, 0.6) is 0 Å². The minimum atomic E-state index is -0.958. The molecule has 0 saturated carbocycles. The van der Waals surface area contributed by atoms with Crippen LogP contribution < -0.4 is 4.90 Å². The Morgan fingerprint density at radius 3 is 2.90 bits per heavy atom. The molecule has 1 aliphatic heterocycles. The van der Waals surface area contributed by atoms with Gasteiger partial charge in [0.05, 0.1) is 12.1 Å². The number of amides is 2. The summed E-state index contributed by atoms with van der Waals surface area (Å²) in [6.07, 6.45) is 6.80. The molecule has 2 amide bonds. The summed E-state index contributed by atoms with van der Waals surface area (Å²) in [5, 5.41) is 9.01. The molecule has 0 radical (unpaired) electrons. The predicted octanol–water partition coefficient (Wildman–Crippen LogP) is 1.82. The van der Waals surface area contributed by atoms with Gasteiger partial charge >= 0.3 is 12.0 Å². The number of urea groups is 1. The van der Waals surface area contributed by atoms with Crippen molar-refractivity contribution >= 4 is 17.7 Å². The summed E-state index contributed by atoms with van der Waals surface area (Å²) < 4.78 is 0. The molecule has 1 aromatic carbocycles. The molecule has 1 aromatic rings. The van der Waals surface area contributed by atoms with Gasteiger partial charge in [-0.15, -0.1) is 6.42 Å². The highest BCUT2D eigenvalue weighted by Gasteiger charge is 2.25. The second kappa shape index (κ2) is 5.66. The van der Waals surface area contributed by atoms with Gasteiger partial charge in [0.15, 0.2) is 0 Å². The van der Waals surface area contributed by atoms with E-state index in [1.165, 1.54) is 11.0 Å². The number of carboxylic acid groups (broad SMARTS) is 1. The first kappa shape index (κ1) is 13.9. The molecule has 2 rings (SSSR count). The maximum Gasteiger partial charge on any atom is 0.335 e. The summed E-state index contributed by atoms with van der Waals surface area (Å²) in [5.41, 5.74) is 1.91. The number of hydrogen-bond acceptors (Lipinski definition) is 2. The third kappa shape index (κ3) is 2.59. The van der Waals surface area contributed by atoms with Crippen LogP contribution in [-0.2, 0) is 6.42 Å². The van der Waals surface area contributed by atoms with E-state index in [1.807, 2.05) is 0 Å². The van der Waals surface area contributed by atoms with Gasteiger partial charge in [-0.05, 0) is 36.6 Å². The number of nitrogens with zero attached hydrogens (tertiary/aromatic N) is 2. The van der Waals surface area contributed by atoms with Gasteiger partial charge in [0.25, 0.3) is 0 Å². The highest BCUT2D eigenvalue weighted by atomic mass is 16.4. The number of anilines is 1. The van der Waals surface area contributed by atoms with Crippen LogP contribution in [0.25, 0.3) is 0 Å². The Kier molecular flexibility index (Phi) is 3.94. The average molecular weight is 272 g/mol. The second-order valence-electron chi connectivity index (χ2n) is 4.75. The fourth-order valence-corrected chi connectivity index (χ4v) is 2.34. The summed E-state index contributed by atoms with van der Waals surface area (Å²) in [6.45, 7) is 0.866. The van der Waals surface area contributed by atoms with Gasteiger partial charge in [-0.3, -0.25) is 4.90 Å². The number of aryl methyl sites for hydroxylation is 1. The molecule has 20 heavy (non-hydrogen) atoms. The molecule has 0 fully saturated rings. The summed E-state index contributed by atoms with van der Waals surface area (Å²) >= 11 is 0. The topological polar surface area (TPSA) is 60.9 Å². The highest BCUT2D eigenvalue weighted by Crippen LogP contribution is 2.28. The number of carboxylic acids is 1. The lowest BCUT2D eigenvalue weighted by molar-refractivity contribution is 0.0696. The number of rotatable bonds is 2. The van der Waals surface area contributed by atoms with Crippen LogP contribution >= 0.6 is 0 Å². The number of carbonyl (C=O) groups excluding carboxylic acids is 1. The van der Waals surface area contributed by atoms with E-state index in [0.29, 0.717) is 6.54 Å². The Hall–Kier alpha value is -2.48. The van der Waals surface area contributed by atoms with Crippen LogP contribution in [0.1, 0.15) is 22.3 Å². The molecule has 0 aromatic heterocycles. The molecule has 1 aliphatic rings. The first-order valence-corrected chi connectivity index (χ1v) is 6.37. The Balaban J connectivity index is 2.31. The maximum atomic E-state index is 12.3. The van der Waals surface area contributed by atoms with Crippen LogP contribution in [0.4, 0.5) is 10.5 Å². The molecule has 5 nitrogen and oxygen atoms in total. The van der Waals surface area contributed by atoms with Gasteiger partial charge in [-0.25, -0.2) is 9.59 Å². The smallest absolute Gasteiger partial charge is 0.335 e. The third-order valence-electron chi connectivity index (χ3n) is 3.33. The largest absolute Gasteiger partial charge is 0.478 e. The van der Waals surface area contributed by atoms with Crippen molar-refractivity contribution in [3.05, 3.63) is 29.3 Å². The van der Waals surface area contributed by atoms with Crippen LogP contribution in [0.2, 0.25) is 0 Å². The fraction of sp³-hybridized carbons (Fsp3) is 0.333. The number of terminal acetylenes is 1. The summed E-state index contributed by atoms with van der Waals surface area (Å²) in [7, 11) is 1.65. The average Bonchev–Trinajstić information content (AvgIpc) is 2.45. The van der Waals surface area contributed by atoms with Crippen LogP contribution in [0, 0.1) is 12.3 Å². The zero-order valence-corrected chi connectivity index (χ0v) is 11.3. The highest BCUT2D eigenvalue weighted by molar-refractivity contribution is 5.95. The lowest BCUT2D eigenvalue weighted by atomic mass is 9.99. The molecule has 0 saturated heterocycles. The van der Waals surface area contributed by atoms with Crippen molar-refractivity contribution < 1.29 is 14.7 Å². The van der Waals surface area contributed by atoms with Gasteiger partial charge in [0.1, 0.15) is 0 Å². The van der Waals surface area contributed by atoms with Gasteiger partial charge in [-0.2, -0.15) is 0 Å². The van der Waals surface area contributed by atoms with Crippen molar-refractivity contribution in [2.75, 3.05) is 25.0 Å². The van der Waals surface area contributed by atoms with Gasteiger partial charge in [-0.1, -0.05) is 5.92 Å². The first-order chi connectivity index (χ1) is 9.54. The lowest BCUT2D eigenvalue weighted by Crippen LogP contribution is -2.44. The minimum absolute atomic E-state index is 0.160. The normalized spacial score (nSPS) is 13.3. The predicted molar refractivity (Wildman–Crippen MR) is 75.9 cm³/mol. The van der Waals surface area contributed by atoms with Crippen molar-refractivity contribution in [2.45, 2.75) is 12.8 Å². The van der Waals surface area contributed by atoms with E-state index in [0.717, 1.165) is 24.1 Å². The van der Waals surface area contributed by atoms with Crippen LogP contribution in [0.15, 0.2) is 18.2 Å². The molecule has 0 unspecified atom stereocenters. The fourth-order valence-electron chi connectivity index (χ4n) is 2.34. The Morgan fingerprint density at radius 1 is 1.50 bits per heavy atom. The van der Waals surface area contributed by atoms with Crippen molar-refractivity contribution in [1.82, 2.24) is 4.90 Å². The molecule has 5 heteroatoms. The summed E-state index contributed by atoms with van der Waals surface area (Å²) in [6, 6.07) is 4.69. The van der Waals surface area contributed by atoms with E-state index in [9.17, 15) is 9.59 Å². The molecule has 1 heterocycles. The molecule has 0 atom stereocenters. The number of aromatic carboxylic acids is 1. The van der Waals surface area contributed by atoms with E-state index >= 15 is 0 Å². The first-order valence-electron chi connectivity index (χ1n) is 6.37. The molecular weight excluding hydrogens is 256 g/mol. The van der Waals surface area contributed by atoms with E-state index in [-0.39, 0.29) is 18.1 Å². The zero-order chi connectivity index (χ0) is 14.7. The molecular formula is C15H16N2O3. The molecule has 0 spiro atoms. The number of carbonyl (C=O) groups is 2. The number of benzene rings is 1. The summed E-state index contributed by atoms with van der Waals surface area (Å²) in [4.78, 5) is 26.4. The SMILES string of the molecule is C#CCN(C)C(=O)N1CCCc2cc(C(=O)O)ccc21. The van der Waals surface area contributed by atoms with Crippen molar-refractivity contribution in [3.8, 4) is 12.3 Å². The van der Waals surface area contributed by atoms with Gasteiger partial charge in [0, 0.05) is 19.3 Å². The Morgan fingerprint density at radius 2 is 2.25 bits per heavy atom. The molecule has 0 aliphatic carbocycles. The van der Waals surface area contributed by atoms with E-state index in [1.54, 1.807) is 24.1 Å². The van der Waals surface area contributed by atoms with Crippen molar-refractivity contribution in [3.63, 3.8) is 0 Å². The van der Waals surface area contributed by atoms with E-state index in [4.69, 9.17) is 11.5 Å². The van der Waals surface area contributed by atoms with E-state index in [2.05, 4.69) is 5.92 Å². The molecule has 104 valence electrons.